The van der Waals surface area contributed by atoms with Gasteiger partial charge in [-0.1, -0.05) is 6.92 Å². The maximum absolute atomic E-state index is 9.65. The molecule has 0 saturated carbocycles. The van der Waals surface area contributed by atoms with E-state index in [0.29, 0.717) is 13.2 Å². The van der Waals surface area contributed by atoms with Crippen LogP contribution in [0.3, 0.4) is 0 Å². The van der Waals surface area contributed by atoms with Gasteiger partial charge in [0.2, 0.25) is 0 Å². The summed E-state index contributed by atoms with van der Waals surface area (Å²) in [4.78, 5) is 0. The first-order chi connectivity index (χ1) is 6.04. The lowest BCUT2D eigenvalue weighted by Gasteiger charge is -2.28. The van der Waals surface area contributed by atoms with Crippen LogP contribution >= 0.6 is 0 Å². The SMILES string of the molecule is CCCOC(O)(OCC)OC(C)C. The summed E-state index contributed by atoms with van der Waals surface area (Å²) < 4.78 is 15.1. The van der Waals surface area contributed by atoms with Crippen LogP contribution in [-0.4, -0.2) is 30.6 Å². The second-order valence-corrected chi connectivity index (χ2v) is 2.97. The molecule has 0 aliphatic rings. The highest BCUT2D eigenvalue weighted by Crippen LogP contribution is 2.14. The van der Waals surface area contributed by atoms with E-state index in [1.54, 1.807) is 20.8 Å². The molecule has 0 fully saturated rings. The van der Waals surface area contributed by atoms with E-state index in [1.165, 1.54) is 0 Å². The summed E-state index contributed by atoms with van der Waals surface area (Å²) in [6.07, 6.45) is -1.22. The van der Waals surface area contributed by atoms with E-state index in [-0.39, 0.29) is 6.10 Å². The molecular weight excluding hydrogens is 172 g/mol. The molecule has 0 aromatic carbocycles. The van der Waals surface area contributed by atoms with Crippen LogP contribution in [-0.2, 0) is 14.2 Å². The lowest BCUT2D eigenvalue weighted by Crippen LogP contribution is -2.41. The Hall–Kier alpha value is -0.160. The lowest BCUT2D eigenvalue weighted by atomic mass is 10.5. The third-order valence-corrected chi connectivity index (χ3v) is 1.20. The molecule has 0 amide bonds. The molecule has 1 N–H and O–H groups in total. The minimum Gasteiger partial charge on any atom is -0.319 e. The van der Waals surface area contributed by atoms with Crippen molar-refractivity contribution in [3.63, 3.8) is 0 Å². The van der Waals surface area contributed by atoms with Gasteiger partial charge in [0.15, 0.2) is 0 Å². The van der Waals surface area contributed by atoms with E-state index in [2.05, 4.69) is 0 Å². The molecule has 0 heterocycles. The molecule has 0 spiro atoms. The van der Waals surface area contributed by atoms with Crippen molar-refractivity contribution in [2.45, 2.75) is 46.4 Å². The van der Waals surface area contributed by atoms with Gasteiger partial charge in [-0.05, 0) is 27.2 Å². The molecule has 80 valence electrons. The van der Waals surface area contributed by atoms with Crippen molar-refractivity contribution in [2.75, 3.05) is 13.2 Å². The van der Waals surface area contributed by atoms with Gasteiger partial charge in [-0.3, -0.25) is 0 Å². The summed E-state index contributed by atoms with van der Waals surface area (Å²) >= 11 is 0. The molecule has 0 aliphatic heterocycles. The van der Waals surface area contributed by atoms with Gasteiger partial charge in [0.1, 0.15) is 0 Å². The van der Waals surface area contributed by atoms with Crippen molar-refractivity contribution in [2.24, 2.45) is 0 Å². The molecule has 0 bridgehead atoms. The summed E-state index contributed by atoms with van der Waals surface area (Å²) in [5.74, 6) is 0. The van der Waals surface area contributed by atoms with Crippen molar-refractivity contribution in [1.82, 2.24) is 0 Å². The molecule has 0 aliphatic carbocycles. The first kappa shape index (κ1) is 12.8. The van der Waals surface area contributed by atoms with Gasteiger partial charge in [0.05, 0.1) is 19.3 Å². The summed E-state index contributed by atoms with van der Waals surface area (Å²) in [6.45, 7) is 8.07. The molecule has 1 atom stereocenters. The van der Waals surface area contributed by atoms with Gasteiger partial charge in [-0.15, -0.1) is 0 Å². The van der Waals surface area contributed by atoms with Gasteiger partial charge in [0.25, 0.3) is 0 Å². The van der Waals surface area contributed by atoms with Gasteiger partial charge >= 0.3 is 6.16 Å². The van der Waals surface area contributed by atoms with Crippen molar-refractivity contribution in [1.29, 1.82) is 0 Å². The Morgan fingerprint density at radius 3 is 2.23 bits per heavy atom. The van der Waals surface area contributed by atoms with Gasteiger partial charge in [-0.25, -0.2) is 0 Å². The van der Waals surface area contributed by atoms with Crippen LogP contribution in [0.1, 0.15) is 34.1 Å². The minimum absolute atomic E-state index is 0.145. The zero-order chi connectivity index (χ0) is 10.3. The number of ether oxygens (including phenoxy) is 3. The third-order valence-electron chi connectivity index (χ3n) is 1.20. The number of hydrogen-bond acceptors (Lipinski definition) is 4. The summed E-state index contributed by atoms with van der Waals surface area (Å²) in [5, 5.41) is 9.65. The maximum atomic E-state index is 9.65. The largest absolute Gasteiger partial charge is 0.410 e. The summed E-state index contributed by atoms with van der Waals surface area (Å²) in [7, 11) is 0. The smallest absolute Gasteiger partial charge is 0.319 e. The molecule has 4 nitrogen and oxygen atoms in total. The van der Waals surface area contributed by atoms with E-state index in [9.17, 15) is 5.11 Å². The monoisotopic (exact) mass is 192 g/mol. The topological polar surface area (TPSA) is 47.9 Å². The number of rotatable bonds is 7. The molecular formula is C9H20O4. The fourth-order valence-electron chi connectivity index (χ4n) is 0.821. The molecule has 0 saturated heterocycles. The fraction of sp³-hybridized carbons (Fsp3) is 1.00. The quantitative estimate of drug-likeness (QED) is 0.621. The van der Waals surface area contributed by atoms with Crippen molar-refractivity contribution in [3.8, 4) is 0 Å². The zero-order valence-corrected chi connectivity index (χ0v) is 8.87. The Morgan fingerprint density at radius 2 is 1.85 bits per heavy atom. The average Bonchev–Trinajstić information content (AvgIpc) is 2.00. The van der Waals surface area contributed by atoms with Crippen molar-refractivity contribution < 1.29 is 19.3 Å². The normalized spacial score (nSPS) is 16.2. The second-order valence-electron chi connectivity index (χ2n) is 2.97. The van der Waals surface area contributed by atoms with Crippen LogP contribution < -0.4 is 0 Å². The van der Waals surface area contributed by atoms with Crippen LogP contribution in [0.15, 0.2) is 0 Å². The van der Waals surface area contributed by atoms with Gasteiger partial charge in [0, 0.05) is 0 Å². The third kappa shape index (κ3) is 5.99. The highest BCUT2D eigenvalue weighted by atomic mass is 17.0. The fourth-order valence-corrected chi connectivity index (χ4v) is 0.821. The molecule has 13 heavy (non-hydrogen) atoms. The second kappa shape index (κ2) is 6.32. The predicted molar refractivity (Wildman–Crippen MR) is 49.0 cm³/mol. The number of aliphatic hydroxyl groups is 1. The Kier molecular flexibility index (Phi) is 6.24. The molecule has 4 heteroatoms. The van der Waals surface area contributed by atoms with E-state index in [4.69, 9.17) is 14.2 Å². The van der Waals surface area contributed by atoms with E-state index in [1.807, 2.05) is 6.92 Å². The lowest BCUT2D eigenvalue weighted by molar-refractivity contribution is -0.491. The first-order valence-corrected chi connectivity index (χ1v) is 4.72. The first-order valence-electron chi connectivity index (χ1n) is 4.72. The molecule has 1 unspecified atom stereocenters. The van der Waals surface area contributed by atoms with Crippen LogP contribution in [0.5, 0.6) is 0 Å². The standard InChI is InChI=1S/C9H20O4/c1-5-7-12-9(10,11-6-2)13-8(3)4/h8,10H,5-7H2,1-4H3. The highest BCUT2D eigenvalue weighted by Gasteiger charge is 2.31. The van der Waals surface area contributed by atoms with E-state index < -0.39 is 6.16 Å². The maximum Gasteiger partial charge on any atom is 0.410 e. The Balaban J connectivity index is 3.99. The van der Waals surface area contributed by atoms with Gasteiger partial charge < -0.3 is 19.3 Å². The summed E-state index contributed by atoms with van der Waals surface area (Å²) in [5.41, 5.74) is 0. The van der Waals surface area contributed by atoms with Crippen LogP contribution in [0.25, 0.3) is 0 Å². The molecule has 0 aromatic heterocycles. The molecule has 0 aromatic rings. The molecule has 0 radical (unpaired) electrons. The highest BCUT2D eigenvalue weighted by molar-refractivity contribution is 4.43. The van der Waals surface area contributed by atoms with Crippen LogP contribution in [0, 0.1) is 0 Å². The van der Waals surface area contributed by atoms with Crippen molar-refractivity contribution >= 4 is 0 Å². The predicted octanol–water partition coefficient (Wildman–Crippen LogP) is 1.48. The van der Waals surface area contributed by atoms with E-state index >= 15 is 0 Å². The van der Waals surface area contributed by atoms with Crippen LogP contribution in [0.4, 0.5) is 0 Å². The van der Waals surface area contributed by atoms with Crippen molar-refractivity contribution in [3.05, 3.63) is 0 Å². The average molecular weight is 192 g/mol. The zero-order valence-electron chi connectivity index (χ0n) is 8.87. The Morgan fingerprint density at radius 1 is 1.23 bits per heavy atom. The Bertz CT molecular complexity index is 127. The number of hydrogen-bond donors (Lipinski definition) is 1. The Labute approximate surface area is 79.8 Å². The summed E-state index contributed by atoms with van der Waals surface area (Å²) in [6, 6.07) is 0. The van der Waals surface area contributed by atoms with Crippen LogP contribution in [0.2, 0.25) is 0 Å². The minimum atomic E-state index is -1.88. The molecule has 0 rings (SSSR count). The van der Waals surface area contributed by atoms with Gasteiger partial charge in [-0.2, -0.15) is 0 Å². The van der Waals surface area contributed by atoms with E-state index in [0.717, 1.165) is 6.42 Å².